The first-order valence-corrected chi connectivity index (χ1v) is 6.82. The molecule has 0 aliphatic carbocycles. The monoisotopic (exact) mass is 269 g/mol. The minimum absolute atomic E-state index is 0.0815. The predicted molar refractivity (Wildman–Crippen MR) is 80.9 cm³/mol. The van der Waals surface area contributed by atoms with E-state index in [1.54, 1.807) is 18.4 Å². The molecule has 0 radical (unpaired) electrons. The van der Waals surface area contributed by atoms with Gasteiger partial charge in [0.15, 0.2) is 0 Å². The lowest BCUT2D eigenvalue weighted by molar-refractivity contribution is -0.116. The smallest absolute Gasteiger partial charge is 0.252 e. The van der Waals surface area contributed by atoms with Crippen molar-refractivity contribution in [3.05, 3.63) is 60.1 Å². The summed E-state index contributed by atoms with van der Waals surface area (Å²) < 4.78 is 5.31. The first-order valence-electron chi connectivity index (χ1n) is 6.82. The normalized spacial score (nSPS) is 13.0. The Morgan fingerprint density at radius 1 is 1.25 bits per heavy atom. The van der Waals surface area contributed by atoms with E-state index in [1.165, 1.54) is 0 Å². The number of benzene rings is 1. The van der Waals surface area contributed by atoms with Gasteiger partial charge in [-0.25, -0.2) is 0 Å². The average Bonchev–Trinajstić information content (AvgIpc) is 2.98. The molecule has 0 fully saturated rings. The summed E-state index contributed by atoms with van der Waals surface area (Å²) in [5.74, 6) is 0.588. The Hall–Kier alpha value is -2.29. The van der Waals surface area contributed by atoms with E-state index in [0.717, 1.165) is 12.0 Å². The van der Waals surface area contributed by atoms with Gasteiger partial charge in [-0.05, 0) is 37.1 Å². The number of rotatable bonds is 5. The predicted octanol–water partition coefficient (Wildman–Crippen LogP) is 3.73. The largest absolute Gasteiger partial charge is 0.465 e. The van der Waals surface area contributed by atoms with Gasteiger partial charge in [-0.3, -0.25) is 4.79 Å². The fourth-order valence-electron chi connectivity index (χ4n) is 1.82. The molecule has 0 aliphatic rings. The van der Waals surface area contributed by atoms with Crippen LogP contribution >= 0.6 is 0 Å². The molecule has 2 rings (SSSR count). The van der Waals surface area contributed by atoms with E-state index in [0.29, 0.717) is 11.3 Å². The summed E-state index contributed by atoms with van der Waals surface area (Å²) in [4.78, 5) is 12.4. The van der Waals surface area contributed by atoms with Crippen LogP contribution in [0.25, 0.3) is 11.6 Å². The third kappa shape index (κ3) is 3.60. The number of hydrogen-bond donors (Lipinski definition) is 1. The van der Waals surface area contributed by atoms with Crippen LogP contribution in [0.15, 0.2) is 53.1 Å². The quantitative estimate of drug-likeness (QED) is 0.840. The van der Waals surface area contributed by atoms with Crippen molar-refractivity contribution in [3.63, 3.8) is 0 Å². The highest BCUT2D eigenvalue weighted by molar-refractivity contribution is 6.24. The van der Waals surface area contributed by atoms with Gasteiger partial charge >= 0.3 is 0 Å². The zero-order valence-corrected chi connectivity index (χ0v) is 11.8. The number of nitrogens with one attached hydrogen (secondary N) is 1. The lowest BCUT2D eigenvalue weighted by atomic mass is 10.0. The fraction of sp³-hybridized carbons (Fsp3) is 0.235. The molecular formula is C17H19NO2. The van der Waals surface area contributed by atoms with Crippen molar-refractivity contribution in [2.75, 3.05) is 0 Å². The molecule has 1 atom stereocenters. The van der Waals surface area contributed by atoms with Crippen LogP contribution in [0.3, 0.4) is 0 Å². The molecule has 3 heteroatoms. The highest BCUT2D eigenvalue weighted by Gasteiger charge is 2.14. The number of hydrogen-bond acceptors (Lipinski definition) is 2. The highest BCUT2D eigenvalue weighted by atomic mass is 16.3. The molecule has 104 valence electrons. The molecule has 1 heterocycles. The minimum Gasteiger partial charge on any atom is -0.465 e. The highest BCUT2D eigenvalue weighted by Crippen LogP contribution is 2.19. The number of amides is 1. The van der Waals surface area contributed by atoms with Gasteiger partial charge in [0, 0.05) is 6.04 Å². The van der Waals surface area contributed by atoms with Crippen molar-refractivity contribution in [2.24, 2.45) is 0 Å². The molecule has 1 aromatic heterocycles. The van der Waals surface area contributed by atoms with E-state index < -0.39 is 0 Å². The lowest BCUT2D eigenvalue weighted by Gasteiger charge is -2.13. The zero-order valence-electron chi connectivity index (χ0n) is 11.8. The van der Waals surface area contributed by atoms with Crippen molar-refractivity contribution in [3.8, 4) is 0 Å². The summed E-state index contributed by atoms with van der Waals surface area (Å²) in [5.41, 5.74) is 1.49. The van der Waals surface area contributed by atoms with Gasteiger partial charge in [-0.2, -0.15) is 0 Å². The summed E-state index contributed by atoms with van der Waals surface area (Å²) in [6, 6.07) is 13.4. The molecule has 3 nitrogen and oxygen atoms in total. The van der Waals surface area contributed by atoms with E-state index in [9.17, 15) is 4.79 Å². The van der Waals surface area contributed by atoms with Crippen LogP contribution in [0, 0.1) is 0 Å². The third-order valence-electron chi connectivity index (χ3n) is 3.15. The third-order valence-corrected chi connectivity index (χ3v) is 3.15. The maximum Gasteiger partial charge on any atom is 0.252 e. The van der Waals surface area contributed by atoms with Gasteiger partial charge in [-0.1, -0.05) is 37.3 Å². The van der Waals surface area contributed by atoms with Crippen molar-refractivity contribution in [1.29, 1.82) is 0 Å². The molecule has 0 saturated heterocycles. The summed E-state index contributed by atoms with van der Waals surface area (Å²) in [6.07, 6.45) is 4.27. The van der Waals surface area contributed by atoms with Crippen molar-refractivity contribution in [1.82, 2.24) is 5.32 Å². The SMILES string of the molecule is CCC(C)NC(=O)C(=Cc1ccco1)c1ccccc1. The Morgan fingerprint density at radius 2 is 2.00 bits per heavy atom. The van der Waals surface area contributed by atoms with Crippen LogP contribution in [-0.4, -0.2) is 11.9 Å². The summed E-state index contributed by atoms with van der Waals surface area (Å²) in [5, 5.41) is 2.99. The van der Waals surface area contributed by atoms with Gasteiger partial charge < -0.3 is 9.73 Å². The second-order valence-electron chi connectivity index (χ2n) is 4.72. The van der Waals surface area contributed by atoms with Crippen LogP contribution in [0.2, 0.25) is 0 Å². The number of carbonyl (C=O) groups excluding carboxylic acids is 1. The maximum atomic E-state index is 12.4. The van der Waals surface area contributed by atoms with E-state index >= 15 is 0 Å². The van der Waals surface area contributed by atoms with Crippen LogP contribution in [-0.2, 0) is 4.79 Å². The number of carbonyl (C=O) groups is 1. The summed E-state index contributed by atoms with van der Waals surface area (Å²) in [7, 11) is 0. The van der Waals surface area contributed by atoms with Crippen LogP contribution in [0.4, 0.5) is 0 Å². The summed E-state index contributed by atoms with van der Waals surface area (Å²) in [6.45, 7) is 4.04. The standard InChI is InChI=1S/C17H19NO2/c1-3-13(2)18-17(19)16(12-15-10-7-11-20-15)14-8-5-4-6-9-14/h4-13H,3H2,1-2H3,(H,18,19). The maximum absolute atomic E-state index is 12.4. The Balaban J connectivity index is 2.32. The van der Waals surface area contributed by atoms with Gasteiger partial charge in [-0.15, -0.1) is 0 Å². The van der Waals surface area contributed by atoms with Gasteiger partial charge in [0.2, 0.25) is 0 Å². The van der Waals surface area contributed by atoms with Crippen LogP contribution < -0.4 is 5.32 Å². The molecule has 1 unspecified atom stereocenters. The van der Waals surface area contributed by atoms with Gasteiger partial charge in [0.25, 0.3) is 5.91 Å². The van der Waals surface area contributed by atoms with E-state index in [4.69, 9.17) is 4.42 Å². The molecular weight excluding hydrogens is 250 g/mol. The lowest BCUT2D eigenvalue weighted by Crippen LogP contribution is -2.32. The van der Waals surface area contributed by atoms with Crippen molar-refractivity contribution in [2.45, 2.75) is 26.3 Å². The second kappa shape index (κ2) is 6.75. The van der Waals surface area contributed by atoms with E-state index in [1.807, 2.05) is 50.2 Å². The molecule has 1 aromatic carbocycles. The zero-order chi connectivity index (χ0) is 14.4. The topological polar surface area (TPSA) is 42.2 Å². The van der Waals surface area contributed by atoms with E-state index in [2.05, 4.69) is 5.32 Å². The molecule has 1 N–H and O–H groups in total. The molecule has 0 bridgehead atoms. The van der Waals surface area contributed by atoms with Crippen LogP contribution in [0.5, 0.6) is 0 Å². The first-order chi connectivity index (χ1) is 9.70. The van der Waals surface area contributed by atoms with Crippen molar-refractivity contribution < 1.29 is 9.21 Å². The second-order valence-corrected chi connectivity index (χ2v) is 4.72. The molecule has 1 amide bonds. The van der Waals surface area contributed by atoms with E-state index in [-0.39, 0.29) is 11.9 Å². The Morgan fingerprint density at radius 3 is 2.60 bits per heavy atom. The molecule has 2 aromatic rings. The molecule has 0 aliphatic heterocycles. The van der Waals surface area contributed by atoms with Crippen LogP contribution in [0.1, 0.15) is 31.6 Å². The Labute approximate surface area is 119 Å². The fourth-order valence-corrected chi connectivity index (χ4v) is 1.82. The van der Waals surface area contributed by atoms with Gasteiger partial charge in [0.05, 0.1) is 11.8 Å². The average molecular weight is 269 g/mol. The van der Waals surface area contributed by atoms with Gasteiger partial charge in [0.1, 0.15) is 5.76 Å². The first kappa shape index (κ1) is 14.1. The Bertz CT molecular complexity index is 570. The summed E-state index contributed by atoms with van der Waals surface area (Å²) >= 11 is 0. The molecule has 20 heavy (non-hydrogen) atoms. The Kier molecular flexibility index (Phi) is 4.77. The molecule has 0 saturated carbocycles. The molecule has 0 spiro atoms. The van der Waals surface area contributed by atoms with Crippen molar-refractivity contribution >= 4 is 17.6 Å². The number of furan rings is 1. The minimum atomic E-state index is -0.0815.